The van der Waals surface area contributed by atoms with Gasteiger partial charge in [-0.25, -0.2) is 0 Å². The second-order valence-corrected chi connectivity index (χ2v) is 47.0. The number of rotatable bonds is 31. The molecule has 25 rings (SSSR count). The van der Waals surface area contributed by atoms with Crippen LogP contribution in [0.5, 0.6) is 0 Å². The summed E-state index contributed by atoms with van der Waals surface area (Å²) >= 11 is 0. The fourth-order valence-corrected chi connectivity index (χ4v) is 29.0. The molecule has 0 amide bonds. The van der Waals surface area contributed by atoms with Crippen LogP contribution in [0.3, 0.4) is 0 Å². The highest BCUT2D eigenvalue weighted by Crippen LogP contribution is 2.65. The monoisotopic (exact) mass is 1880 g/mol. The van der Waals surface area contributed by atoms with E-state index < -0.39 is 5.41 Å². The highest BCUT2D eigenvalue weighted by atomic mass is 16.3. The lowest BCUT2D eigenvalue weighted by molar-refractivity contribution is 0.399. The number of furan rings is 2. The SMILES string of the molecule is CCCCCCCC1(CCCCCCC)c2ccccc2-c2ccc(-c3ccc4c(c3)C(C)(C)c3cc(-c5ccc(N(c6ccc7c(c6)C(C)(C)c6cc8c(cc6-7)C(C)(C)c6ccc7oc9ccccc9c7c6-8)c6ccc7c(c6)C(C)(C)c6cc(-c8ccc9c(c8)C(C)(C)c8cc(-c%10ccc%11c(c%10)C(CCCCCCC)(CCCCCCC)c%10ccccc%10-%11)ccc8-9)c8oc9ccccc9c8c6-7)cc5)ccc3-4)cc21. The van der Waals surface area contributed by atoms with Gasteiger partial charge in [0.15, 0.2) is 0 Å². The minimum absolute atomic E-state index is 0.0154. The van der Waals surface area contributed by atoms with Crippen molar-refractivity contribution in [2.75, 3.05) is 4.90 Å². The van der Waals surface area contributed by atoms with Crippen LogP contribution in [-0.4, -0.2) is 0 Å². The summed E-state index contributed by atoms with van der Waals surface area (Å²) in [4.78, 5) is 2.57. The molecule has 0 saturated heterocycles. The summed E-state index contributed by atoms with van der Waals surface area (Å²) in [6.07, 6.45) is 30.8. The van der Waals surface area contributed by atoms with Crippen molar-refractivity contribution in [3.8, 4) is 122 Å². The van der Waals surface area contributed by atoms with Crippen LogP contribution in [0.15, 0.2) is 306 Å². The molecule has 0 bridgehead atoms. The quantitative estimate of drug-likeness (QED) is 0.0406. The number of nitrogens with zero attached hydrogens (tertiary/aromatic N) is 1. The number of para-hydroxylation sites is 2. The van der Waals surface area contributed by atoms with E-state index in [1.807, 2.05) is 0 Å². The van der Waals surface area contributed by atoms with Gasteiger partial charge < -0.3 is 13.7 Å². The Kier molecular flexibility index (Phi) is 22.5. The molecule has 0 unspecified atom stereocenters. The molecule has 7 aliphatic carbocycles. The molecule has 0 atom stereocenters. The van der Waals surface area contributed by atoms with Crippen molar-refractivity contribution in [2.24, 2.45) is 0 Å². The summed E-state index contributed by atoms with van der Waals surface area (Å²) in [5, 5.41) is 4.72. The van der Waals surface area contributed by atoms with Gasteiger partial charge in [0.2, 0.25) is 0 Å². The van der Waals surface area contributed by atoms with Crippen molar-refractivity contribution < 1.29 is 8.83 Å². The Balaban J connectivity index is 0.567. The van der Waals surface area contributed by atoms with E-state index in [2.05, 4.69) is 399 Å². The fourth-order valence-electron chi connectivity index (χ4n) is 29.0. The Morgan fingerprint density at radius 3 is 0.993 bits per heavy atom. The zero-order valence-corrected chi connectivity index (χ0v) is 87.5. The zero-order chi connectivity index (χ0) is 98.2. The minimum Gasteiger partial charge on any atom is -0.456 e. The van der Waals surface area contributed by atoms with Crippen LogP contribution >= 0.6 is 0 Å². The Morgan fingerprint density at radius 2 is 0.507 bits per heavy atom. The number of benzene rings is 16. The molecule has 0 spiro atoms. The maximum atomic E-state index is 7.37. The van der Waals surface area contributed by atoms with Crippen molar-refractivity contribution in [1.82, 2.24) is 0 Å². The van der Waals surface area contributed by atoms with Gasteiger partial charge in [-0.2, -0.15) is 0 Å². The van der Waals surface area contributed by atoms with Crippen molar-refractivity contribution in [2.45, 2.75) is 289 Å². The molecular weight excluding hydrogens is 1740 g/mol. The largest absolute Gasteiger partial charge is 0.456 e. The first-order valence-corrected chi connectivity index (χ1v) is 55.4. The molecule has 3 heteroatoms. The molecule has 16 aromatic carbocycles. The lowest BCUT2D eigenvalue weighted by Crippen LogP contribution is -2.25. The lowest BCUT2D eigenvalue weighted by Gasteiger charge is -2.33. The molecule has 2 heterocycles. The van der Waals surface area contributed by atoms with Crippen LogP contribution in [0, 0.1) is 0 Å². The number of unbranched alkanes of at least 4 members (excludes halogenated alkanes) is 16. The Morgan fingerprint density at radius 1 is 0.194 bits per heavy atom. The van der Waals surface area contributed by atoms with E-state index in [1.54, 1.807) is 22.3 Å². The van der Waals surface area contributed by atoms with E-state index in [0.29, 0.717) is 0 Å². The summed E-state index contributed by atoms with van der Waals surface area (Å²) in [6, 6.07) is 118. The van der Waals surface area contributed by atoms with Gasteiger partial charge in [0.05, 0.1) is 0 Å². The van der Waals surface area contributed by atoms with E-state index in [0.717, 1.165) is 50.3 Å². The van der Waals surface area contributed by atoms with Gasteiger partial charge in [-0.1, -0.05) is 413 Å². The van der Waals surface area contributed by atoms with Crippen LogP contribution in [0.1, 0.15) is 329 Å². The van der Waals surface area contributed by atoms with Crippen molar-refractivity contribution in [1.29, 1.82) is 0 Å². The summed E-state index contributed by atoms with van der Waals surface area (Å²) < 4.78 is 14.0. The summed E-state index contributed by atoms with van der Waals surface area (Å²) in [6.45, 7) is 34.0. The Labute approximate surface area is 855 Å². The number of hydrogen-bond acceptors (Lipinski definition) is 3. The average Bonchev–Trinajstić information content (AvgIpc) is 1.53. The Hall–Kier alpha value is -13.1. The van der Waals surface area contributed by atoms with Gasteiger partial charge in [0.25, 0.3) is 0 Å². The predicted molar refractivity (Wildman–Crippen MR) is 611 cm³/mol. The lowest BCUT2D eigenvalue weighted by atomic mass is 9.70. The molecule has 0 N–H and O–H groups in total. The number of hydrogen-bond donors (Lipinski definition) is 0. The fraction of sp³-hybridized carbons (Fsp3) is 0.319. The molecule has 7 aliphatic rings. The van der Waals surface area contributed by atoms with Gasteiger partial charge in [-0.05, 0) is 330 Å². The third kappa shape index (κ3) is 14.2. The highest BCUT2D eigenvalue weighted by Gasteiger charge is 2.49. The van der Waals surface area contributed by atoms with Crippen molar-refractivity contribution in [3.05, 3.63) is 375 Å². The standard InChI is InChI=1S/C141H139NO2/c1-15-19-23-27-39-73-140(74-40-28-24-20-16-2)113-47-35-31-43-98(113)104-66-56-92(80-124(104)140)90-54-64-101-100-63-53-89(77-116(100)136(7,8)117(101)78-90)88-51-59-95(60-52-88)142(96-61-69-106-111-86-123-112(87-122(111)138(11,12)120(106)83-96)131-115(135(123,5)6)71-72-129-132(131)108-45-33-37-49-127(108)143-129)97-62-70-107-121(84-97)139(13,14)126-85-110(134-133(130(107)126)109-46-34-38-50-128(109)144-134)94-58-68-103-102-65-55-91(79-118(102)137(9,10)119(103)82-94)93-57-67-105-99-44-32-36-48-114(99)141(125(105)81-93,75-41-29-25-21-17-3)76-42-30-26-22-18-4/h31-38,43-72,77-87H,15-30,39-42,73-76H2,1-14H3. The minimum atomic E-state index is -0.434. The summed E-state index contributed by atoms with van der Waals surface area (Å²) in [5.41, 5.74) is 54.3. The maximum absolute atomic E-state index is 7.37. The topological polar surface area (TPSA) is 29.5 Å². The van der Waals surface area contributed by atoms with Crippen molar-refractivity contribution >= 4 is 60.9 Å². The van der Waals surface area contributed by atoms with E-state index in [9.17, 15) is 0 Å². The molecule has 0 fully saturated rings. The first-order chi connectivity index (χ1) is 70.0. The molecule has 0 radical (unpaired) electrons. The van der Waals surface area contributed by atoms with Crippen LogP contribution < -0.4 is 4.90 Å². The van der Waals surface area contributed by atoms with Gasteiger partial charge >= 0.3 is 0 Å². The van der Waals surface area contributed by atoms with E-state index in [4.69, 9.17) is 8.83 Å². The predicted octanol–water partition coefficient (Wildman–Crippen LogP) is 41.1. The van der Waals surface area contributed by atoms with Crippen LogP contribution in [-0.2, 0) is 37.9 Å². The van der Waals surface area contributed by atoms with E-state index in [-0.39, 0.29) is 32.5 Å². The van der Waals surface area contributed by atoms with Gasteiger partial charge in [-0.15, -0.1) is 0 Å². The molecule has 144 heavy (non-hydrogen) atoms. The Bertz CT molecular complexity index is 8210. The zero-order valence-electron chi connectivity index (χ0n) is 87.5. The van der Waals surface area contributed by atoms with Crippen molar-refractivity contribution in [3.63, 3.8) is 0 Å². The van der Waals surface area contributed by atoms with Gasteiger partial charge in [-0.3, -0.25) is 0 Å². The van der Waals surface area contributed by atoms with Gasteiger partial charge in [0.1, 0.15) is 22.3 Å². The maximum Gasteiger partial charge on any atom is 0.143 e. The van der Waals surface area contributed by atoms with E-state index in [1.165, 1.54) is 343 Å². The summed E-state index contributed by atoms with van der Waals surface area (Å²) in [7, 11) is 0. The van der Waals surface area contributed by atoms with Crippen LogP contribution in [0.2, 0.25) is 0 Å². The number of fused-ring (bicyclic) bond motifs is 29. The molecule has 0 saturated carbocycles. The molecule has 3 nitrogen and oxygen atoms in total. The normalized spacial score (nSPS) is 15.8. The first kappa shape index (κ1) is 92.1. The average molecular weight is 1880 g/mol. The molecule has 0 aliphatic heterocycles. The summed E-state index contributed by atoms with van der Waals surface area (Å²) in [5.74, 6) is 0. The number of anilines is 3. The van der Waals surface area contributed by atoms with E-state index >= 15 is 0 Å². The second kappa shape index (κ2) is 35.1. The third-order valence-corrected chi connectivity index (χ3v) is 36.9. The molecule has 720 valence electrons. The van der Waals surface area contributed by atoms with Crippen LogP contribution in [0.4, 0.5) is 17.1 Å². The molecule has 18 aromatic rings. The first-order valence-electron chi connectivity index (χ1n) is 55.4. The third-order valence-electron chi connectivity index (χ3n) is 36.9. The van der Waals surface area contributed by atoms with Crippen LogP contribution in [0.25, 0.3) is 166 Å². The second-order valence-electron chi connectivity index (χ2n) is 47.0. The molecule has 2 aromatic heterocycles. The highest BCUT2D eigenvalue weighted by molar-refractivity contribution is 6.20. The molecular formula is C141H139NO2. The van der Waals surface area contributed by atoms with Gasteiger partial charge in [0, 0.05) is 82.1 Å². The smallest absolute Gasteiger partial charge is 0.143 e.